The Balaban J connectivity index is 2.06. The molecule has 1 aromatic carbocycles. The molecule has 0 fully saturated rings. The number of anilines is 1. The van der Waals surface area contributed by atoms with Crippen LogP contribution in [-0.2, 0) is 4.79 Å². The third kappa shape index (κ3) is 3.14. The second kappa shape index (κ2) is 5.92. The fourth-order valence-corrected chi connectivity index (χ4v) is 1.49. The number of rotatable bonds is 5. The van der Waals surface area contributed by atoms with Crippen LogP contribution in [-0.4, -0.2) is 29.7 Å². The van der Waals surface area contributed by atoms with E-state index in [4.69, 9.17) is 4.42 Å². The maximum absolute atomic E-state index is 11.6. The predicted octanol–water partition coefficient (Wildman–Crippen LogP) is 1.28. The van der Waals surface area contributed by atoms with E-state index in [2.05, 4.69) is 20.8 Å². The molecule has 0 unspecified atom stereocenters. The molecule has 94 valence electrons. The Kier molecular flexibility index (Phi) is 4.03. The van der Waals surface area contributed by atoms with Gasteiger partial charge in [0.1, 0.15) is 0 Å². The summed E-state index contributed by atoms with van der Waals surface area (Å²) in [5.74, 6) is 0.397. The first-order chi connectivity index (χ1) is 8.79. The van der Waals surface area contributed by atoms with Crippen molar-refractivity contribution >= 4 is 11.6 Å². The molecule has 18 heavy (non-hydrogen) atoms. The van der Waals surface area contributed by atoms with Crippen LogP contribution < -0.4 is 10.6 Å². The van der Waals surface area contributed by atoms with Gasteiger partial charge in [-0.1, -0.05) is 6.07 Å². The molecule has 0 aliphatic rings. The van der Waals surface area contributed by atoms with Crippen LogP contribution in [0.5, 0.6) is 0 Å². The van der Waals surface area contributed by atoms with Gasteiger partial charge in [0, 0.05) is 24.2 Å². The van der Waals surface area contributed by atoms with Gasteiger partial charge in [-0.25, -0.2) is 0 Å². The molecule has 2 aromatic rings. The third-order valence-corrected chi connectivity index (χ3v) is 2.36. The minimum atomic E-state index is -0.0352. The number of nitrogens with one attached hydrogen (secondary N) is 2. The largest absolute Gasteiger partial charge is 0.423 e. The second-order valence-corrected chi connectivity index (χ2v) is 3.73. The lowest BCUT2D eigenvalue weighted by atomic mass is 10.2. The summed E-state index contributed by atoms with van der Waals surface area (Å²) in [5, 5.41) is 13.2. The van der Waals surface area contributed by atoms with Gasteiger partial charge < -0.3 is 15.1 Å². The number of aromatic nitrogens is 2. The normalized spacial score (nSPS) is 10.3. The first-order valence-electron chi connectivity index (χ1n) is 5.60. The number of hydrogen-bond acceptors (Lipinski definition) is 5. The number of carbonyl (C=O) groups excluding carboxylic acids is 1. The average molecular weight is 246 g/mol. The molecule has 0 aliphatic carbocycles. The Hall–Kier alpha value is -2.21. The van der Waals surface area contributed by atoms with Crippen LogP contribution in [0.3, 0.4) is 0 Å². The first-order valence-corrected chi connectivity index (χ1v) is 5.60. The van der Waals surface area contributed by atoms with Crippen molar-refractivity contribution in [3.05, 3.63) is 30.7 Å². The molecule has 1 amide bonds. The summed E-state index contributed by atoms with van der Waals surface area (Å²) >= 11 is 0. The van der Waals surface area contributed by atoms with Gasteiger partial charge in [0.2, 0.25) is 18.2 Å². The molecular weight excluding hydrogens is 232 g/mol. The molecule has 2 N–H and O–H groups in total. The molecule has 1 aromatic heterocycles. The lowest BCUT2D eigenvalue weighted by Crippen LogP contribution is -2.18. The maximum Gasteiger partial charge on any atom is 0.247 e. The molecule has 6 nitrogen and oxygen atoms in total. The minimum Gasteiger partial charge on any atom is -0.423 e. The second-order valence-electron chi connectivity index (χ2n) is 3.73. The summed E-state index contributed by atoms with van der Waals surface area (Å²) in [5.41, 5.74) is 1.49. The Morgan fingerprint density at radius 3 is 3.06 bits per heavy atom. The zero-order valence-corrected chi connectivity index (χ0v) is 10.0. The van der Waals surface area contributed by atoms with Crippen LogP contribution in [0.1, 0.15) is 6.42 Å². The van der Waals surface area contributed by atoms with E-state index in [1.54, 1.807) is 6.07 Å². The number of nitrogens with zero attached hydrogens (tertiary/aromatic N) is 2. The van der Waals surface area contributed by atoms with E-state index >= 15 is 0 Å². The van der Waals surface area contributed by atoms with Crippen LogP contribution in [0.4, 0.5) is 5.69 Å². The van der Waals surface area contributed by atoms with Crippen molar-refractivity contribution in [2.75, 3.05) is 18.9 Å². The quantitative estimate of drug-likeness (QED) is 0.830. The number of benzene rings is 1. The summed E-state index contributed by atoms with van der Waals surface area (Å²) in [7, 11) is 1.81. The highest BCUT2D eigenvalue weighted by atomic mass is 16.4. The first kappa shape index (κ1) is 12.3. The fourth-order valence-electron chi connectivity index (χ4n) is 1.49. The summed E-state index contributed by atoms with van der Waals surface area (Å²) in [6.07, 6.45) is 1.70. The lowest BCUT2D eigenvalue weighted by Gasteiger charge is -2.05. The summed E-state index contributed by atoms with van der Waals surface area (Å²) in [6, 6.07) is 7.28. The predicted molar refractivity (Wildman–Crippen MR) is 66.9 cm³/mol. The van der Waals surface area contributed by atoms with Crippen molar-refractivity contribution in [2.45, 2.75) is 6.42 Å². The van der Waals surface area contributed by atoms with E-state index in [1.807, 2.05) is 25.2 Å². The number of carbonyl (C=O) groups is 1. The van der Waals surface area contributed by atoms with Gasteiger partial charge >= 0.3 is 0 Å². The Morgan fingerprint density at radius 1 is 1.44 bits per heavy atom. The fraction of sp³-hybridized carbons (Fsp3) is 0.250. The SMILES string of the molecule is CNCCC(=O)Nc1cccc(-c2nnco2)c1. The standard InChI is InChI=1S/C12H14N4O2/c1-13-6-5-11(17)15-10-4-2-3-9(7-10)12-16-14-8-18-12/h2-4,7-8,13H,5-6H2,1H3,(H,15,17). The molecule has 1 heterocycles. The van der Waals surface area contributed by atoms with Gasteiger partial charge in [-0.05, 0) is 25.2 Å². The Bertz CT molecular complexity index is 511. The Morgan fingerprint density at radius 2 is 2.33 bits per heavy atom. The molecule has 6 heteroatoms. The Labute approximate surface area is 104 Å². The number of hydrogen-bond donors (Lipinski definition) is 2. The lowest BCUT2D eigenvalue weighted by molar-refractivity contribution is -0.116. The van der Waals surface area contributed by atoms with Crippen molar-refractivity contribution in [3.8, 4) is 11.5 Å². The number of amides is 1. The van der Waals surface area contributed by atoms with E-state index in [0.717, 1.165) is 5.56 Å². The minimum absolute atomic E-state index is 0.0352. The van der Waals surface area contributed by atoms with E-state index in [-0.39, 0.29) is 5.91 Å². The summed E-state index contributed by atoms with van der Waals surface area (Å²) < 4.78 is 5.10. The monoisotopic (exact) mass is 246 g/mol. The molecule has 0 bridgehead atoms. The van der Waals surface area contributed by atoms with Gasteiger partial charge in [-0.3, -0.25) is 4.79 Å². The molecule has 0 aliphatic heterocycles. The highest BCUT2D eigenvalue weighted by Crippen LogP contribution is 2.20. The summed E-state index contributed by atoms with van der Waals surface area (Å²) in [6.45, 7) is 0.648. The highest BCUT2D eigenvalue weighted by Gasteiger charge is 2.06. The van der Waals surface area contributed by atoms with Crippen molar-refractivity contribution in [2.24, 2.45) is 0 Å². The van der Waals surface area contributed by atoms with Gasteiger partial charge in [-0.2, -0.15) is 0 Å². The zero-order chi connectivity index (χ0) is 12.8. The summed E-state index contributed by atoms with van der Waals surface area (Å²) in [4.78, 5) is 11.6. The topological polar surface area (TPSA) is 80.0 Å². The molecule has 0 saturated heterocycles. The molecule has 0 spiro atoms. The highest BCUT2D eigenvalue weighted by molar-refractivity contribution is 5.91. The van der Waals surface area contributed by atoms with Crippen molar-refractivity contribution < 1.29 is 9.21 Å². The van der Waals surface area contributed by atoms with Crippen LogP contribution in [0, 0.1) is 0 Å². The molecule has 0 saturated carbocycles. The van der Waals surface area contributed by atoms with E-state index in [9.17, 15) is 4.79 Å². The van der Waals surface area contributed by atoms with Gasteiger partial charge in [0.05, 0.1) is 0 Å². The smallest absolute Gasteiger partial charge is 0.247 e. The van der Waals surface area contributed by atoms with Crippen molar-refractivity contribution in [3.63, 3.8) is 0 Å². The van der Waals surface area contributed by atoms with Crippen LogP contribution in [0.25, 0.3) is 11.5 Å². The average Bonchev–Trinajstić information content (AvgIpc) is 2.90. The maximum atomic E-state index is 11.6. The molecule has 0 radical (unpaired) electrons. The van der Waals surface area contributed by atoms with Gasteiger partial charge in [0.25, 0.3) is 0 Å². The third-order valence-electron chi connectivity index (χ3n) is 2.36. The van der Waals surface area contributed by atoms with Crippen LogP contribution in [0.2, 0.25) is 0 Å². The van der Waals surface area contributed by atoms with Crippen LogP contribution in [0.15, 0.2) is 35.1 Å². The van der Waals surface area contributed by atoms with Gasteiger partial charge in [-0.15, -0.1) is 10.2 Å². The van der Waals surface area contributed by atoms with Crippen LogP contribution >= 0.6 is 0 Å². The van der Waals surface area contributed by atoms with Crippen molar-refractivity contribution in [1.82, 2.24) is 15.5 Å². The van der Waals surface area contributed by atoms with E-state index in [0.29, 0.717) is 24.5 Å². The molecule has 2 rings (SSSR count). The van der Waals surface area contributed by atoms with Gasteiger partial charge in [0.15, 0.2) is 0 Å². The van der Waals surface area contributed by atoms with E-state index < -0.39 is 0 Å². The zero-order valence-electron chi connectivity index (χ0n) is 10.0. The molecular formula is C12H14N4O2. The molecule has 0 atom stereocenters. The van der Waals surface area contributed by atoms with E-state index in [1.165, 1.54) is 6.39 Å². The van der Waals surface area contributed by atoms with Crippen molar-refractivity contribution in [1.29, 1.82) is 0 Å².